The van der Waals surface area contributed by atoms with E-state index in [1.54, 1.807) is 26.2 Å². The quantitative estimate of drug-likeness (QED) is 0.379. The lowest BCUT2D eigenvalue weighted by Crippen LogP contribution is -2.39. The Morgan fingerprint density at radius 3 is 2.58 bits per heavy atom. The number of anilines is 1. The highest BCUT2D eigenvalue weighted by Gasteiger charge is 2.31. The Labute approximate surface area is 205 Å². The highest BCUT2D eigenvalue weighted by Crippen LogP contribution is 2.35. The maximum Gasteiger partial charge on any atom is 0.407 e. The van der Waals surface area contributed by atoms with E-state index in [2.05, 4.69) is 24.9 Å². The van der Waals surface area contributed by atoms with Gasteiger partial charge in [-0.05, 0) is 43.9 Å². The Morgan fingerprint density at radius 1 is 1.22 bits per heavy atom. The van der Waals surface area contributed by atoms with Crippen LogP contribution in [0.15, 0.2) is 40.7 Å². The number of nitrogens with zero attached hydrogens (tertiary/aromatic N) is 8. The molecule has 1 aliphatic carbocycles. The summed E-state index contributed by atoms with van der Waals surface area (Å²) in [5.41, 5.74) is 1.70. The number of aromatic nitrogens is 4. The summed E-state index contributed by atoms with van der Waals surface area (Å²) in [5, 5.41) is 22.8. The molecule has 3 heterocycles. The molecule has 0 N–H and O–H groups in total. The van der Waals surface area contributed by atoms with Gasteiger partial charge in [0.2, 0.25) is 0 Å². The summed E-state index contributed by atoms with van der Waals surface area (Å²) in [6.45, 7) is -3.05. The fourth-order valence-corrected chi connectivity index (χ4v) is 4.69. The van der Waals surface area contributed by atoms with Gasteiger partial charge in [-0.25, -0.2) is 15.0 Å². The first-order chi connectivity index (χ1) is 17.3. The van der Waals surface area contributed by atoms with Gasteiger partial charge in [0.15, 0.2) is 0 Å². The largest absolute Gasteiger partial charge is 0.407 e. The van der Waals surface area contributed by atoms with E-state index in [4.69, 9.17) is 0 Å². The molecule has 1 saturated carbocycles. The zero-order chi connectivity index (χ0) is 25.8. The van der Waals surface area contributed by atoms with E-state index in [0.29, 0.717) is 53.8 Å². The van der Waals surface area contributed by atoms with Crippen LogP contribution >= 0.6 is 0 Å². The standard InChI is InChI=1S/C24H22F2N8O2/c1-33(22-17(12-28)23(35)34(2)19-8-5-15(11-27)31-21(19)22)16-6-3-14(4-7-16)20(32-36-24(25)26)18-9-10-29-13-30-18/h5,8-10,13-14,16,24H,3-4,6-7H2,1-2H3/b32-20-. The highest BCUT2D eigenvalue weighted by atomic mass is 19.3. The van der Waals surface area contributed by atoms with Crippen molar-refractivity contribution >= 4 is 22.4 Å². The van der Waals surface area contributed by atoms with E-state index in [-0.39, 0.29) is 23.2 Å². The van der Waals surface area contributed by atoms with Crippen molar-refractivity contribution in [3.63, 3.8) is 0 Å². The third kappa shape index (κ3) is 4.70. The van der Waals surface area contributed by atoms with E-state index in [9.17, 15) is 24.1 Å². The van der Waals surface area contributed by atoms with Gasteiger partial charge in [-0.15, -0.1) is 0 Å². The number of nitriles is 2. The summed E-state index contributed by atoms with van der Waals surface area (Å²) < 4.78 is 26.7. The van der Waals surface area contributed by atoms with Crippen molar-refractivity contribution < 1.29 is 13.6 Å². The van der Waals surface area contributed by atoms with Gasteiger partial charge in [0.25, 0.3) is 5.56 Å². The molecule has 0 saturated heterocycles. The van der Waals surface area contributed by atoms with Crippen molar-refractivity contribution in [1.82, 2.24) is 19.5 Å². The van der Waals surface area contributed by atoms with Crippen LogP contribution in [0.3, 0.4) is 0 Å². The average Bonchev–Trinajstić information content (AvgIpc) is 2.90. The third-order valence-corrected chi connectivity index (χ3v) is 6.50. The van der Waals surface area contributed by atoms with E-state index < -0.39 is 12.2 Å². The van der Waals surface area contributed by atoms with E-state index in [0.717, 1.165) is 0 Å². The number of hydrogen-bond donors (Lipinski definition) is 0. The molecule has 12 heteroatoms. The SMILES string of the molecule is CN(c1c(C#N)c(=O)n(C)c2ccc(C#N)nc12)C1CCC(/C(=N/OC(F)F)c2ccncn2)CC1. The summed E-state index contributed by atoms with van der Waals surface area (Å²) in [6.07, 6.45) is 5.25. The molecule has 0 unspecified atom stereocenters. The lowest BCUT2D eigenvalue weighted by molar-refractivity contribution is -0.128. The molecule has 0 atom stereocenters. The summed E-state index contributed by atoms with van der Waals surface area (Å²) in [6, 6.07) is 8.70. The predicted molar refractivity (Wildman–Crippen MR) is 126 cm³/mol. The van der Waals surface area contributed by atoms with Crippen LogP contribution in [-0.4, -0.2) is 44.9 Å². The van der Waals surface area contributed by atoms with Gasteiger partial charge in [-0.2, -0.15) is 19.3 Å². The van der Waals surface area contributed by atoms with E-state index in [1.165, 1.54) is 23.2 Å². The van der Waals surface area contributed by atoms with E-state index in [1.807, 2.05) is 17.0 Å². The van der Waals surface area contributed by atoms with Crippen LogP contribution in [0.4, 0.5) is 14.5 Å². The molecule has 3 aromatic heterocycles. The fraction of sp³-hybridized carbons (Fsp3) is 0.375. The van der Waals surface area contributed by atoms with Gasteiger partial charge < -0.3 is 14.3 Å². The molecular weight excluding hydrogens is 470 g/mol. The maximum atomic E-state index is 12.9. The number of pyridine rings is 2. The molecule has 0 aliphatic heterocycles. The summed E-state index contributed by atoms with van der Waals surface area (Å²) in [5.74, 6) is -0.178. The van der Waals surface area contributed by atoms with Crippen LogP contribution in [0.2, 0.25) is 0 Å². The number of rotatable bonds is 6. The third-order valence-electron chi connectivity index (χ3n) is 6.50. The Bertz CT molecular complexity index is 1430. The zero-order valence-corrected chi connectivity index (χ0v) is 19.6. The molecular formula is C24H22F2N8O2. The molecule has 184 valence electrons. The number of hydrogen-bond acceptors (Lipinski definition) is 9. The first-order valence-corrected chi connectivity index (χ1v) is 11.2. The fourth-order valence-electron chi connectivity index (χ4n) is 4.69. The monoisotopic (exact) mass is 492 g/mol. The van der Waals surface area contributed by atoms with Crippen LogP contribution in [0.25, 0.3) is 11.0 Å². The van der Waals surface area contributed by atoms with Gasteiger partial charge in [0.05, 0.1) is 16.9 Å². The van der Waals surface area contributed by atoms with Crippen LogP contribution in [-0.2, 0) is 11.9 Å². The Kier molecular flexibility index (Phi) is 7.15. The molecule has 4 rings (SSSR count). The molecule has 0 amide bonds. The van der Waals surface area contributed by atoms with Crippen LogP contribution in [0.1, 0.15) is 42.6 Å². The first-order valence-electron chi connectivity index (χ1n) is 11.2. The Morgan fingerprint density at radius 2 is 1.97 bits per heavy atom. The van der Waals surface area contributed by atoms with Crippen molar-refractivity contribution in [2.24, 2.45) is 18.1 Å². The smallest absolute Gasteiger partial charge is 0.369 e. The first kappa shape index (κ1) is 24.7. The van der Waals surface area contributed by atoms with Crippen molar-refractivity contribution in [2.75, 3.05) is 11.9 Å². The minimum Gasteiger partial charge on any atom is -0.369 e. The predicted octanol–water partition coefficient (Wildman–Crippen LogP) is 3.11. The second-order valence-electron chi connectivity index (χ2n) is 8.43. The van der Waals surface area contributed by atoms with Crippen molar-refractivity contribution in [3.05, 3.63) is 58.0 Å². The van der Waals surface area contributed by atoms with E-state index >= 15 is 0 Å². The van der Waals surface area contributed by atoms with Gasteiger partial charge in [0.1, 0.15) is 41.0 Å². The van der Waals surface area contributed by atoms with Crippen LogP contribution < -0.4 is 10.5 Å². The van der Waals surface area contributed by atoms with Gasteiger partial charge in [-0.3, -0.25) is 4.79 Å². The minimum atomic E-state index is -3.05. The lowest BCUT2D eigenvalue weighted by atomic mass is 9.81. The number of alkyl halides is 2. The summed E-state index contributed by atoms with van der Waals surface area (Å²) >= 11 is 0. The number of halogens is 2. The van der Waals surface area contributed by atoms with Gasteiger partial charge in [-0.1, -0.05) is 5.16 Å². The van der Waals surface area contributed by atoms with Gasteiger partial charge >= 0.3 is 6.61 Å². The van der Waals surface area contributed by atoms with Crippen LogP contribution in [0, 0.1) is 28.6 Å². The van der Waals surface area contributed by atoms with Crippen molar-refractivity contribution in [2.45, 2.75) is 38.3 Å². The second-order valence-corrected chi connectivity index (χ2v) is 8.43. The van der Waals surface area contributed by atoms with Crippen molar-refractivity contribution in [3.8, 4) is 12.1 Å². The normalized spacial score (nSPS) is 18.0. The molecule has 36 heavy (non-hydrogen) atoms. The molecule has 1 fully saturated rings. The second kappa shape index (κ2) is 10.4. The summed E-state index contributed by atoms with van der Waals surface area (Å²) in [7, 11) is 3.35. The topological polar surface area (TPSA) is 133 Å². The Balaban J connectivity index is 1.65. The molecule has 10 nitrogen and oxygen atoms in total. The number of fused-ring (bicyclic) bond motifs is 1. The maximum absolute atomic E-state index is 12.9. The molecule has 0 spiro atoms. The van der Waals surface area contributed by atoms with Crippen molar-refractivity contribution in [1.29, 1.82) is 10.5 Å². The minimum absolute atomic E-state index is 0.0502. The zero-order valence-electron chi connectivity index (χ0n) is 19.6. The van der Waals surface area contributed by atoms with Crippen LogP contribution in [0.5, 0.6) is 0 Å². The highest BCUT2D eigenvalue weighted by molar-refractivity contribution is 6.00. The molecule has 0 radical (unpaired) electrons. The molecule has 1 aliphatic rings. The average molecular weight is 492 g/mol. The number of oxime groups is 1. The molecule has 3 aromatic rings. The molecule has 0 aromatic carbocycles. The lowest BCUT2D eigenvalue weighted by Gasteiger charge is -2.36. The number of aryl methyl sites for hydroxylation is 1. The van der Waals surface area contributed by atoms with Gasteiger partial charge in [0, 0.05) is 32.3 Å². The Hall–Kier alpha value is -4.45. The summed E-state index contributed by atoms with van der Waals surface area (Å²) in [4.78, 5) is 31.5. The molecule has 0 bridgehead atoms.